The second kappa shape index (κ2) is 7.32. The van der Waals surface area contributed by atoms with Gasteiger partial charge < -0.3 is 16.4 Å². The van der Waals surface area contributed by atoms with Gasteiger partial charge in [0.2, 0.25) is 0 Å². The monoisotopic (exact) mass is 439 g/mol. The van der Waals surface area contributed by atoms with Gasteiger partial charge in [0.1, 0.15) is 5.82 Å². The van der Waals surface area contributed by atoms with Gasteiger partial charge in [0.15, 0.2) is 5.82 Å². The summed E-state index contributed by atoms with van der Waals surface area (Å²) in [6.45, 7) is 0. The summed E-state index contributed by atoms with van der Waals surface area (Å²) < 4.78 is 14.4. The van der Waals surface area contributed by atoms with Gasteiger partial charge in [-0.1, -0.05) is 40.2 Å². The lowest BCUT2D eigenvalue weighted by Crippen LogP contribution is -2.20. The van der Waals surface area contributed by atoms with Crippen LogP contribution in [0.4, 0.5) is 26.4 Å². The number of anilines is 3. The third-order valence-corrected chi connectivity index (χ3v) is 4.74. The van der Waals surface area contributed by atoms with Crippen molar-refractivity contribution in [1.82, 2.24) is 10.2 Å². The molecule has 0 spiro atoms. The van der Waals surface area contributed by atoms with Crippen molar-refractivity contribution < 1.29 is 9.18 Å². The molecule has 0 radical (unpaired) electrons. The molecule has 0 atom stereocenters. The van der Waals surface area contributed by atoms with E-state index in [-0.39, 0.29) is 5.69 Å². The van der Waals surface area contributed by atoms with E-state index in [1.54, 1.807) is 18.2 Å². The zero-order chi connectivity index (χ0) is 19.7. The number of H-pyrrole nitrogens is 1. The number of nitrogen functional groups attached to an aromatic ring is 1. The molecule has 0 aliphatic rings. The van der Waals surface area contributed by atoms with E-state index in [0.717, 1.165) is 22.0 Å². The van der Waals surface area contributed by atoms with Gasteiger partial charge in [-0.3, -0.25) is 5.10 Å². The molecule has 6 nitrogen and oxygen atoms in total. The van der Waals surface area contributed by atoms with Crippen LogP contribution < -0.4 is 16.4 Å². The van der Waals surface area contributed by atoms with Gasteiger partial charge in [-0.25, -0.2) is 9.18 Å². The van der Waals surface area contributed by atoms with Crippen LogP contribution in [0.5, 0.6) is 0 Å². The van der Waals surface area contributed by atoms with E-state index in [4.69, 9.17) is 5.73 Å². The fourth-order valence-corrected chi connectivity index (χ4v) is 3.31. The lowest BCUT2D eigenvalue weighted by atomic mass is 10.0. The Morgan fingerprint density at radius 1 is 1.07 bits per heavy atom. The van der Waals surface area contributed by atoms with Crippen LogP contribution in [0.15, 0.2) is 65.1 Å². The summed E-state index contributed by atoms with van der Waals surface area (Å²) in [4.78, 5) is 12.2. The number of hydrogen-bond acceptors (Lipinski definition) is 3. The van der Waals surface area contributed by atoms with E-state index in [0.29, 0.717) is 16.0 Å². The molecule has 2 amide bonds. The number of fused-ring (bicyclic) bond motifs is 1. The fourth-order valence-electron chi connectivity index (χ4n) is 2.95. The van der Waals surface area contributed by atoms with Crippen molar-refractivity contribution in [3.63, 3.8) is 0 Å². The SMILES string of the molecule is Nc1n[nH]c2cccc(-c3ccc(NC(=O)Nc4cc(Br)ccc4F)cc3)c12. The van der Waals surface area contributed by atoms with Crippen molar-refractivity contribution in [3.05, 3.63) is 71.0 Å². The quantitative estimate of drug-likeness (QED) is 0.346. The predicted molar refractivity (Wildman–Crippen MR) is 113 cm³/mol. The number of halogens is 2. The molecule has 0 aliphatic heterocycles. The number of nitrogens with zero attached hydrogens (tertiary/aromatic N) is 1. The lowest BCUT2D eigenvalue weighted by molar-refractivity contribution is 0.262. The highest BCUT2D eigenvalue weighted by molar-refractivity contribution is 9.10. The summed E-state index contributed by atoms with van der Waals surface area (Å²) in [5.41, 5.74) is 9.35. The van der Waals surface area contributed by atoms with Crippen LogP contribution in [0, 0.1) is 5.82 Å². The third-order valence-electron chi connectivity index (χ3n) is 4.25. The Bertz CT molecular complexity index is 1170. The van der Waals surface area contributed by atoms with E-state index in [1.165, 1.54) is 12.1 Å². The van der Waals surface area contributed by atoms with Crippen molar-refractivity contribution >= 4 is 50.1 Å². The number of aromatic amines is 1. The largest absolute Gasteiger partial charge is 0.382 e. The highest BCUT2D eigenvalue weighted by atomic mass is 79.9. The van der Waals surface area contributed by atoms with Gasteiger partial charge >= 0.3 is 6.03 Å². The number of amides is 2. The van der Waals surface area contributed by atoms with Gasteiger partial charge in [0.25, 0.3) is 0 Å². The van der Waals surface area contributed by atoms with Crippen LogP contribution in [0.2, 0.25) is 0 Å². The predicted octanol–water partition coefficient (Wildman–Crippen LogP) is 5.36. The molecule has 140 valence electrons. The zero-order valence-corrected chi connectivity index (χ0v) is 16.0. The van der Waals surface area contributed by atoms with E-state index in [9.17, 15) is 9.18 Å². The highest BCUT2D eigenvalue weighted by Crippen LogP contribution is 2.31. The topological polar surface area (TPSA) is 95.8 Å². The van der Waals surface area contributed by atoms with E-state index >= 15 is 0 Å². The molecule has 0 fully saturated rings. The Hall–Kier alpha value is -3.39. The maximum Gasteiger partial charge on any atom is 0.323 e. The second-order valence-electron chi connectivity index (χ2n) is 6.12. The number of benzene rings is 3. The van der Waals surface area contributed by atoms with Crippen LogP contribution >= 0.6 is 15.9 Å². The van der Waals surface area contributed by atoms with Gasteiger partial charge in [0, 0.05) is 10.2 Å². The number of hydrogen-bond donors (Lipinski definition) is 4. The van der Waals surface area contributed by atoms with Crippen LogP contribution in [0.3, 0.4) is 0 Å². The molecule has 4 rings (SSSR count). The first-order chi connectivity index (χ1) is 13.5. The smallest absolute Gasteiger partial charge is 0.323 e. The third kappa shape index (κ3) is 3.54. The number of nitrogens with one attached hydrogen (secondary N) is 3. The molecule has 0 aliphatic carbocycles. The van der Waals surface area contributed by atoms with Crippen LogP contribution in [-0.2, 0) is 0 Å². The highest BCUT2D eigenvalue weighted by Gasteiger charge is 2.11. The van der Waals surface area contributed by atoms with Crippen LogP contribution in [0.25, 0.3) is 22.0 Å². The average molecular weight is 440 g/mol. The maximum atomic E-state index is 13.8. The number of urea groups is 1. The maximum absolute atomic E-state index is 13.8. The summed E-state index contributed by atoms with van der Waals surface area (Å²) in [6.07, 6.45) is 0. The molecule has 4 aromatic rings. The van der Waals surface area contributed by atoms with Gasteiger partial charge in [-0.05, 0) is 47.5 Å². The Kier molecular flexibility index (Phi) is 4.70. The van der Waals surface area contributed by atoms with Gasteiger partial charge in [-0.2, -0.15) is 5.10 Å². The minimum absolute atomic E-state index is 0.0885. The molecule has 0 bridgehead atoms. The van der Waals surface area contributed by atoms with Crippen molar-refractivity contribution in [2.24, 2.45) is 0 Å². The second-order valence-corrected chi connectivity index (χ2v) is 7.03. The van der Waals surface area contributed by atoms with Crippen molar-refractivity contribution in [1.29, 1.82) is 0 Å². The molecule has 0 unspecified atom stereocenters. The van der Waals surface area contributed by atoms with Crippen molar-refractivity contribution in [2.75, 3.05) is 16.4 Å². The lowest BCUT2D eigenvalue weighted by Gasteiger charge is -2.10. The summed E-state index contributed by atoms with van der Waals surface area (Å²) in [7, 11) is 0. The summed E-state index contributed by atoms with van der Waals surface area (Å²) in [5.74, 6) is -0.0808. The molecule has 28 heavy (non-hydrogen) atoms. The number of aromatic nitrogens is 2. The average Bonchev–Trinajstić information content (AvgIpc) is 3.07. The Balaban J connectivity index is 1.52. The molecular weight excluding hydrogens is 425 g/mol. The minimum Gasteiger partial charge on any atom is -0.382 e. The van der Waals surface area contributed by atoms with Crippen LogP contribution in [0.1, 0.15) is 0 Å². The standard InChI is InChI=1S/C20H15BrFN5O/c21-12-6-9-15(22)17(10-12)25-20(28)24-13-7-4-11(5-8-13)14-2-1-3-16-18(14)19(23)27-26-16/h1-10H,(H3,23,26,27)(H2,24,25,28). The first-order valence-corrected chi connectivity index (χ1v) is 9.16. The Morgan fingerprint density at radius 3 is 2.64 bits per heavy atom. The van der Waals surface area contributed by atoms with Gasteiger partial charge in [0.05, 0.1) is 16.6 Å². The van der Waals surface area contributed by atoms with Gasteiger partial charge in [-0.15, -0.1) is 0 Å². The fraction of sp³-hybridized carbons (Fsp3) is 0. The molecule has 0 saturated heterocycles. The van der Waals surface area contributed by atoms with E-state index in [1.807, 2.05) is 30.3 Å². The number of rotatable bonds is 3. The first-order valence-electron chi connectivity index (χ1n) is 8.37. The number of carbonyl (C=O) groups excluding carboxylic acids is 1. The first kappa shape index (κ1) is 18.0. The van der Waals surface area contributed by atoms with Crippen molar-refractivity contribution in [2.45, 2.75) is 0 Å². The molecule has 0 saturated carbocycles. The normalized spacial score (nSPS) is 10.8. The molecule has 1 heterocycles. The molecule has 1 aromatic heterocycles. The molecule has 5 N–H and O–H groups in total. The van der Waals surface area contributed by atoms with Crippen molar-refractivity contribution in [3.8, 4) is 11.1 Å². The van der Waals surface area contributed by atoms with E-state index in [2.05, 4.69) is 36.8 Å². The molecule has 3 aromatic carbocycles. The minimum atomic E-state index is -0.536. The number of nitrogens with two attached hydrogens (primary N) is 1. The molecular formula is C20H15BrFN5O. The van der Waals surface area contributed by atoms with Crippen LogP contribution in [-0.4, -0.2) is 16.2 Å². The van der Waals surface area contributed by atoms with E-state index < -0.39 is 11.8 Å². The summed E-state index contributed by atoms with van der Waals surface area (Å²) >= 11 is 3.25. The Labute approximate surface area is 168 Å². The summed E-state index contributed by atoms with van der Waals surface area (Å²) in [6, 6.07) is 16.8. The summed E-state index contributed by atoms with van der Waals surface area (Å²) in [5, 5.41) is 13.0. The molecule has 8 heteroatoms. The number of carbonyl (C=O) groups is 1. The Morgan fingerprint density at radius 2 is 1.86 bits per heavy atom. The zero-order valence-electron chi connectivity index (χ0n) is 14.5.